The smallest absolute Gasteiger partial charge is 0.250 e. The molecule has 1 N–H and O–H groups in total. The molecule has 1 heterocycles. The number of fused-ring (bicyclic) bond motifs is 1. The zero-order valence-electron chi connectivity index (χ0n) is 16.0. The fourth-order valence-corrected chi connectivity index (χ4v) is 3.98. The number of hydrogen-bond donors (Lipinski definition) is 1. The second kappa shape index (κ2) is 10.0. The van der Waals surface area contributed by atoms with Gasteiger partial charge in [0.2, 0.25) is 0 Å². The number of nitrogens with one attached hydrogen (secondary N) is 1. The van der Waals surface area contributed by atoms with Crippen molar-refractivity contribution < 1.29 is 9.53 Å². The Morgan fingerprint density at radius 3 is 2.72 bits per heavy atom. The summed E-state index contributed by atoms with van der Waals surface area (Å²) in [5.74, 6) is 0.411. The molecule has 0 bridgehead atoms. The van der Waals surface area contributed by atoms with Gasteiger partial charge < -0.3 is 9.30 Å². The first-order valence-electron chi connectivity index (χ1n) is 8.97. The van der Waals surface area contributed by atoms with Crippen LogP contribution in [0.25, 0.3) is 11.0 Å². The highest BCUT2D eigenvalue weighted by Crippen LogP contribution is 2.33. The summed E-state index contributed by atoms with van der Waals surface area (Å²) in [6, 6.07) is 11.2. The number of rotatable bonds is 8. The van der Waals surface area contributed by atoms with E-state index in [0.29, 0.717) is 28.0 Å². The van der Waals surface area contributed by atoms with E-state index >= 15 is 0 Å². The number of hydrogen-bond acceptors (Lipinski definition) is 5. The third kappa shape index (κ3) is 5.44. The van der Waals surface area contributed by atoms with E-state index in [1.54, 1.807) is 12.1 Å². The molecule has 0 aliphatic carbocycles. The monoisotopic (exact) mass is 450 g/mol. The summed E-state index contributed by atoms with van der Waals surface area (Å²) in [6.45, 7) is 2.53. The molecule has 0 unspecified atom stereocenters. The molecule has 6 nitrogen and oxygen atoms in total. The standard InChI is InChI=1S/C20H20Cl2N4O2S/c1-3-8-28-19-14(21)9-13(10-15(19)22)11-23-25-18(27)12-29-20-24-16-6-4-5-7-17(16)26(20)2/h4-7,9-11H,3,8,12H2,1-2H3,(H,25,27)/b23-11-. The Balaban J connectivity index is 1.56. The zero-order valence-corrected chi connectivity index (χ0v) is 18.3. The summed E-state index contributed by atoms with van der Waals surface area (Å²) >= 11 is 13.8. The van der Waals surface area contributed by atoms with Crippen LogP contribution in [0.5, 0.6) is 5.75 Å². The van der Waals surface area contributed by atoms with Crippen molar-refractivity contribution in [2.24, 2.45) is 12.1 Å². The fourth-order valence-electron chi connectivity index (χ4n) is 2.59. The summed E-state index contributed by atoms with van der Waals surface area (Å²) in [5, 5.41) is 5.54. The molecule has 29 heavy (non-hydrogen) atoms. The number of carbonyl (C=O) groups is 1. The molecule has 0 atom stereocenters. The molecule has 152 valence electrons. The first kappa shape index (κ1) is 21.5. The summed E-state index contributed by atoms with van der Waals surface area (Å²) in [4.78, 5) is 16.6. The van der Waals surface area contributed by atoms with Crippen LogP contribution in [-0.4, -0.2) is 34.0 Å². The van der Waals surface area contributed by atoms with Gasteiger partial charge in [-0.05, 0) is 36.2 Å². The Hall–Kier alpha value is -2.22. The minimum absolute atomic E-state index is 0.194. The van der Waals surface area contributed by atoms with Crippen molar-refractivity contribution in [2.45, 2.75) is 18.5 Å². The van der Waals surface area contributed by atoms with Gasteiger partial charge in [0, 0.05) is 7.05 Å². The maximum absolute atomic E-state index is 12.1. The minimum atomic E-state index is -0.238. The third-order valence-electron chi connectivity index (χ3n) is 3.95. The van der Waals surface area contributed by atoms with Gasteiger partial charge in [-0.3, -0.25) is 4.79 Å². The van der Waals surface area contributed by atoms with Crippen molar-refractivity contribution in [3.8, 4) is 5.75 Å². The number of ether oxygens (including phenoxy) is 1. The molecule has 0 fully saturated rings. The number of halogens is 2. The molecule has 3 rings (SSSR count). The second-order valence-electron chi connectivity index (χ2n) is 6.19. The van der Waals surface area contributed by atoms with Gasteiger partial charge in [0.1, 0.15) is 0 Å². The topological polar surface area (TPSA) is 68.5 Å². The van der Waals surface area contributed by atoms with Gasteiger partial charge in [-0.1, -0.05) is 54.0 Å². The molecule has 9 heteroatoms. The Morgan fingerprint density at radius 2 is 2.03 bits per heavy atom. The maximum atomic E-state index is 12.1. The van der Waals surface area contributed by atoms with E-state index in [9.17, 15) is 4.79 Å². The zero-order chi connectivity index (χ0) is 20.8. The quantitative estimate of drug-likeness (QED) is 0.300. The number of thioether (sulfide) groups is 1. The van der Waals surface area contributed by atoms with Crippen LogP contribution in [0, 0.1) is 0 Å². The van der Waals surface area contributed by atoms with E-state index in [0.717, 1.165) is 22.6 Å². The molecule has 0 aliphatic rings. The lowest BCUT2D eigenvalue weighted by molar-refractivity contribution is -0.118. The number of carbonyl (C=O) groups excluding carboxylic acids is 1. The van der Waals surface area contributed by atoms with Gasteiger partial charge in [-0.2, -0.15) is 5.10 Å². The van der Waals surface area contributed by atoms with Gasteiger partial charge in [-0.15, -0.1) is 0 Å². The van der Waals surface area contributed by atoms with Gasteiger partial charge in [0.25, 0.3) is 5.91 Å². The predicted molar refractivity (Wildman–Crippen MR) is 119 cm³/mol. The maximum Gasteiger partial charge on any atom is 0.250 e. The average molecular weight is 451 g/mol. The highest BCUT2D eigenvalue weighted by Gasteiger charge is 2.11. The Kier molecular flexibility index (Phi) is 7.41. The highest BCUT2D eigenvalue weighted by atomic mass is 35.5. The molecule has 2 aromatic carbocycles. The van der Waals surface area contributed by atoms with Crippen LogP contribution in [0.4, 0.5) is 0 Å². The molecule has 0 spiro atoms. The average Bonchev–Trinajstić information content (AvgIpc) is 3.02. The van der Waals surface area contributed by atoms with Crippen LogP contribution in [0.2, 0.25) is 10.0 Å². The number of amides is 1. The Bertz CT molecular complexity index is 1030. The lowest BCUT2D eigenvalue weighted by Gasteiger charge is -2.09. The number of benzene rings is 2. The van der Waals surface area contributed by atoms with Crippen molar-refractivity contribution in [3.63, 3.8) is 0 Å². The van der Waals surface area contributed by atoms with Crippen molar-refractivity contribution in [2.75, 3.05) is 12.4 Å². The van der Waals surface area contributed by atoms with E-state index < -0.39 is 0 Å². The summed E-state index contributed by atoms with van der Waals surface area (Å²) in [6.07, 6.45) is 2.34. The van der Waals surface area contributed by atoms with Crippen LogP contribution < -0.4 is 10.2 Å². The fraction of sp³-hybridized carbons (Fsp3) is 0.250. The number of para-hydroxylation sites is 2. The highest BCUT2D eigenvalue weighted by molar-refractivity contribution is 7.99. The van der Waals surface area contributed by atoms with Gasteiger partial charge in [0.05, 0.1) is 39.7 Å². The summed E-state index contributed by atoms with van der Waals surface area (Å²) in [5.41, 5.74) is 5.08. The van der Waals surface area contributed by atoms with Gasteiger partial charge in [0.15, 0.2) is 10.9 Å². The van der Waals surface area contributed by atoms with Crippen molar-refractivity contribution >= 4 is 58.1 Å². The molecule has 1 aromatic heterocycles. The normalized spacial score (nSPS) is 11.3. The molecule has 3 aromatic rings. The number of hydrazone groups is 1. The molecule has 1 amide bonds. The van der Waals surface area contributed by atoms with Gasteiger partial charge in [-0.25, -0.2) is 10.4 Å². The molecular weight excluding hydrogens is 431 g/mol. The molecule has 0 aliphatic heterocycles. The number of imidazole rings is 1. The Morgan fingerprint density at radius 1 is 1.31 bits per heavy atom. The van der Waals surface area contributed by atoms with Crippen molar-refractivity contribution in [1.29, 1.82) is 0 Å². The summed E-state index contributed by atoms with van der Waals surface area (Å²) < 4.78 is 7.49. The van der Waals surface area contributed by atoms with Crippen LogP contribution in [0.15, 0.2) is 46.7 Å². The Labute approximate surface area is 183 Å². The SMILES string of the molecule is CCCOc1c(Cl)cc(/C=N\NC(=O)CSc2nc3ccccc3n2C)cc1Cl. The van der Waals surface area contributed by atoms with Gasteiger partial charge >= 0.3 is 0 Å². The number of aryl methyl sites for hydroxylation is 1. The van der Waals surface area contributed by atoms with E-state index in [1.165, 1.54) is 18.0 Å². The first-order valence-corrected chi connectivity index (χ1v) is 10.7. The van der Waals surface area contributed by atoms with Crippen LogP contribution in [0.3, 0.4) is 0 Å². The van der Waals surface area contributed by atoms with Crippen molar-refractivity contribution in [1.82, 2.24) is 15.0 Å². The van der Waals surface area contributed by atoms with Crippen molar-refractivity contribution in [3.05, 3.63) is 52.0 Å². The molecule has 0 saturated heterocycles. The molecular formula is C20H20Cl2N4O2S. The van der Waals surface area contributed by atoms with Crippen LogP contribution >= 0.6 is 35.0 Å². The number of nitrogens with zero attached hydrogens (tertiary/aromatic N) is 3. The largest absolute Gasteiger partial charge is 0.490 e. The number of aromatic nitrogens is 2. The first-order chi connectivity index (χ1) is 14.0. The van der Waals surface area contributed by atoms with E-state index in [-0.39, 0.29) is 11.7 Å². The lowest BCUT2D eigenvalue weighted by Crippen LogP contribution is -2.19. The van der Waals surface area contributed by atoms with E-state index in [1.807, 2.05) is 42.8 Å². The molecule has 0 radical (unpaired) electrons. The third-order valence-corrected chi connectivity index (χ3v) is 5.54. The van der Waals surface area contributed by atoms with E-state index in [4.69, 9.17) is 27.9 Å². The lowest BCUT2D eigenvalue weighted by atomic mass is 10.2. The molecule has 0 saturated carbocycles. The minimum Gasteiger partial charge on any atom is -0.490 e. The second-order valence-corrected chi connectivity index (χ2v) is 7.94. The summed E-state index contributed by atoms with van der Waals surface area (Å²) in [7, 11) is 1.93. The van der Waals surface area contributed by atoms with Crippen LogP contribution in [-0.2, 0) is 11.8 Å². The predicted octanol–water partition coefficient (Wildman–Crippen LogP) is 4.91. The van der Waals surface area contributed by atoms with E-state index in [2.05, 4.69) is 15.5 Å². The van der Waals surface area contributed by atoms with Crippen LogP contribution in [0.1, 0.15) is 18.9 Å².